The zero-order valence-corrected chi connectivity index (χ0v) is 15.9. The molecule has 1 amide bonds. The Bertz CT molecular complexity index is 840. The van der Waals surface area contributed by atoms with Gasteiger partial charge in [0.25, 0.3) is 5.91 Å². The van der Waals surface area contributed by atoms with Gasteiger partial charge in [0.05, 0.1) is 5.56 Å². The molecule has 0 spiro atoms. The van der Waals surface area contributed by atoms with Crippen LogP contribution in [0.15, 0.2) is 24.3 Å². The van der Waals surface area contributed by atoms with Gasteiger partial charge in [0, 0.05) is 30.5 Å². The van der Waals surface area contributed by atoms with Crippen LogP contribution in [0, 0.1) is 0 Å². The summed E-state index contributed by atoms with van der Waals surface area (Å²) < 4.78 is 0. The molecule has 1 aromatic carbocycles. The molecule has 2 aromatic rings. The van der Waals surface area contributed by atoms with Gasteiger partial charge in [-0.1, -0.05) is 19.3 Å². The molecule has 28 heavy (non-hydrogen) atoms. The van der Waals surface area contributed by atoms with Gasteiger partial charge in [0.15, 0.2) is 5.82 Å². The molecule has 1 aliphatic heterocycles. The lowest BCUT2D eigenvalue weighted by atomic mass is 9.89. The van der Waals surface area contributed by atoms with Gasteiger partial charge >= 0.3 is 5.97 Å². The van der Waals surface area contributed by atoms with Gasteiger partial charge in [-0.05, 0) is 49.9 Å². The summed E-state index contributed by atoms with van der Waals surface area (Å²) in [5.74, 6) is 1.40. The van der Waals surface area contributed by atoms with Crippen molar-refractivity contribution in [2.75, 3.05) is 13.1 Å². The lowest BCUT2D eigenvalue weighted by Gasteiger charge is -2.31. The first-order valence-electron chi connectivity index (χ1n) is 10.2. The number of carbonyl (C=O) groups excluding carboxylic acids is 1. The highest BCUT2D eigenvalue weighted by Crippen LogP contribution is 2.32. The molecule has 1 atom stereocenters. The van der Waals surface area contributed by atoms with E-state index in [0.717, 1.165) is 24.5 Å². The minimum Gasteiger partial charge on any atom is -0.478 e. The molecule has 1 aliphatic carbocycles. The van der Waals surface area contributed by atoms with Crippen LogP contribution in [0.5, 0.6) is 0 Å². The van der Waals surface area contributed by atoms with Crippen LogP contribution in [-0.2, 0) is 0 Å². The first kappa shape index (κ1) is 18.7. The molecule has 7 nitrogen and oxygen atoms in total. The van der Waals surface area contributed by atoms with E-state index in [9.17, 15) is 9.59 Å². The summed E-state index contributed by atoms with van der Waals surface area (Å²) in [4.78, 5) is 30.4. The number of hydrogen-bond donors (Lipinski definition) is 2. The van der Waals surface area contributed by atoms with Gasteiger partial charge in [0.1, 0.15) is 5.82 Å². The second-order valence-corrected chi connectivity index (χ2v) is 7.89. The summed E-state index contributed by atoms with van der Waals surface area (Å²) in [6, 6.07) is 6.12. The zero-order chi connectivity index (χ0) is 19.5. The summed E-state index contributed by atoms with van der Waals surface area (Å²) in [7, 11) is 0. The number of aromatic amines is 1. The van der Waals surface area contributed by atoms with Gasteiger partial charge in [-0.2, -0.15) is 5.10 Å². The van der Waals surface area contributed by atoms with Crippen molar-refractivity contribution in [2.24, 2.45) is 0 Å². The summed E-state index contributed by atoms with van der Waals surface area (Å²) in [5, 5.41) is 16.6. The standard InChI is InChI=1S/C21H26N4O3/c26-20(15-8-10-16(11-9-15)21(27)28)25-12-4-7-17(13-25)19-22-18(23-24-19)14-5-2-1-3-6-14/h8-11,14,17H,1-7,12-13H2,(H,27,28)(H,22,23,24). The topological polar surface area (TPSA) is 99.2 Å². The molecule has 1 saturated carbocycles. The van der Waals surface area contributed by atoms with Crippen LogP contribution in [0.3, 0.4) is 0 Å². The Morgan fingerprint density at radius 3 is 2.36 bits per heavy atom. The molecule has 0 bridgehead atoms. The van der Waals surface area contributed by atoms with Crippen molar-refractivity contribution in [3.8, 4) is 0 Å². The number of carboxylic acid groups (broad SMARTS) is 1. The minimum atomic E-state index is -0.990. The monoisotopic (exact) mass is 382 g/mol. The van der Waals surface area contributed by atoms with E-state index >= 15 is 0 Å². The number of nitrogens with one attached hydrogen (secondary N) is 1. The smallest absolute Gasteiger partial charge is 0.335 e. The highest BCUT2D eigenvalue weighted by molar-refractivity contribution is 5.96. The number of aromatic nitrogens is 3. The molecule has 2 heterocycles. The Hall–Kier alpha value is -2.70. The molecular weight excluding hydrogens is 356 g/mol. The quantitative estimate of drug-likeness (QED) is 0.842. The molecular formula is C21H26N4O3. The number of aromatic carboxylic acids is 1. The van der Waals surface area contributed by atoms with E-state index in [-0.39, 0.29) is 17.4 Å². The predicted molar refractivity (Wildman–Crippen MR) is 103 cm³/mol. The lowest BCUT2D eigenvalue weighted by Crippen LogP contribution is -2.39. The van der Waals surface area contributed by atoms with E-state index in [1.165, 1.54) is 44.2 Å². The molecule has 2 aliphatic rings. The van der Waals surface area contributed by atoms with Crippen LogP contribution >= 0.6 is 0 Å². The van der Waals surface area contributed by atoms with Crippen LogP contribution in [-0.4, -0.2) is 50.2 Å². The normalized spacial score (nSPS) is 20.9. The number of carboxylic acids is 1. The maximum atomic E-state index is 12.8. The SMILES string of the molecule is O=C(O)c1ccc(C(=O)N2CCCC(c3n[nH]c(C4CCCCC4)n3)C2)cc1. The Morgan fingerprint density at radius 2 is 1.64 bits per heavy atom. The highest BCUT2D eigenvalue weighted by Gasteiger charge is 2.29. The molecule has 148 valence electrons. The van der Waals surface area contributed by atoms with Crippen LogP contribution < -0.4 is 0 Å². The third-order valence-electron chi connectivity index (χ3n) is 5.96. The van der Waals surface area contributed by atoms with Crippen LogP contribution in [0.1, 0.15) is 89.1 Å². The summed E-state index contributed by atoms with van der Waals surface area (Å²) >= 11 is 0. The van der Waals surface area contributed by atoms with Crippen molar-refractivity contribution in [2.45, 2.75) is 56.8 Å². The van der Waals surface area contributed by atoms with Crippen LogP contribution in [0.2, 0.25) is 0 Å². The number of piperidine rings is 1. The average Bonchev–Trinajstić information content (AvgIpc) is 3.24. The van der Waals surface area contributed by atoms with E-state index in [1.807, 2.05) is 4.90 Å². The number of carbonyl (C=O) groups is 2. The van der Waals surface area contributed by atoms with Crippen molar-refractivity contribution in [3.63, 3.8) is 0 Å². The van der Waals surface area contributed by atoms with Gasteiger partial charge in [-0.25, -0.2) is 9.78 Å². The molecule has 2 fully saturated rings. The molecule has 7 heteroatoms. The Balaban J connectivity index is 1.43. The lowest BCUT2D eigenvalue weighted by molar-refractivity contribution is 0.0686. The number of likely N-dealkylation sites (tertiary alicyclic amines) is 1. The van der Waals surface area contributed by atoms with Gasteiger partial charge < -0.3 is 10.0 Å². The maximum Gasteiger partial charge on any atom is 0.335 e. The fraction of sp³-hybridized carbons (Fsp3) is 0.524. The molecule has 4 rings (SSSR count). The fourth-order valence-corrected chi connectivity index (χ4v) is 4.34. The van der Waals surface area contributed by atoms with E-state index in [0.29, 0.717) is 24.6 Å². The number of hydrogen-bond acceptors (Lipinski definition) is 4. The Labute approximate surface area is 164 Å². The van der Waals surface area contributed by atoms with Crippen LogP contribution in [0.25, 0.3) is 0 Å². The van der Waals surface area contributed by atoms with E-state index in [1.54, 1.807) is 12.1 Å². The predicted octanol–water partition coefficient (Wildman–Crippen LogP) is 3.57. The summed E-state index contributed by atoms with van der Waals surface area (Å²) in [6.45, 7) is 1.30. The molecule has 1 saturated heterocycles. The van der Waals surface area contributed by atoms with Crippen LogP contribution in [0.4, 0.5) is 0 Å². The minimum absolute atomic E-state index is 0.0651. The maximum absolute atomic E-state index is 12.8. The van der Waals surface area contributed by atoms with Crippen molar-refractivity contribution in [1.29, 1.82) is 0 Å². The van der Waals surface area contributed by atoms with E-state index < -0.39 is 5.97 Å². The molecule has 2 N–H and O–H groups in total. The number of H-pyrrole nitrogens is 1. The first-order valence-corrected chi connectivity index (χ1v) is 10.2. The second-order valence-electron chi connectivity index (χ2n) is 7.89. The highest BCUT2D eigenvalue weighted by atomic mass is 16.4. The number of amides is 1. The van der Waals surface area contributed by atoms with Crippen molar-refractivity contribution in [3.05, 3.63) is 47.0 Å². The summed E-state index contributed by atoms with van der Waals surface area (Å²) in [6.07, 6.45) is 8.07. The van der Waals surface area contributed by atoms with Gasteiger partial charge in [-0.3, -0.25) is 9.89 Å². The molecule has 1 aromatic heterocycles. The van der Waals surface area contributed by atoms with Crippen molar-refractivity contribution < 1.29 is 14.7 Å². The van der Waals surface area contributed by atoms with E-state index in [2.05, 4.69) is 10.2 Å². The summed E-state index contributed by atoms with van der Waals surface area (Å²) in [5.41, 5.74) is 0.701. The number of rotatable bonds is 4. The largest absolute Gasteiger partial charge is 0.478 e. The third-order valence-corrected chi connectivity index (χ3v) is 5.96. The second kappa shape index (κ2) is 8.12. The fourth-order valence-electron chi connectivity index (χ4n) is 4.34. The molecule has 1 unspecified atom stereocenters. The van der Waals surface area contributed by atoms with Crippen molar-refractivity contribution >= 4 is 11.9 Å². The number of nitrogens with zero attached hydrogens (tertiary/aromatic N) is 3. The Kier molecular flexibility index (Phi) is 5.41. The Morgan fingerprint density at radius 1 is 0.964 bits per heavy atom. The zero-order valence-electron chi connectivity index (χ0n) is 15.9. The van der Waals surface area contributed by atoms with Crippen molar-refractivity contribution in [1.82, 2.24) is 20.1 Å². The molecule has 0 radical (unpaired) electrons. The third kappa shape index (κ3) is 3.93. The number of benzene rings is 1. The van der Waals surface area contributed by atoms with Gasteiger partial charge in [-0.15, -0.1) is 0 Å². The first-order chi connectivity index (χ1) is 13.6. The van der Waals surface area contributed by atoms with E-state index in [4.69, 9.17) is 10.1 Å². The van der Waals surface area contributed by atoms with Gasteiger partial charge in [0.2, 0.25) is 0 Å². The average molecular weight is 382 g/mol.